The zero-order valence-electron chi connectivity index (χ0n) is 12.9. The van der Waals surface area contributed by atoms with Crippen molar-refractivity contribution in [1.29, 1.82) is 0 Å². The number of hydrogen-bond donors (Lipinski definition) is 1. The molecule has 0 bridgehead atoms. The standard InChI is InChI=1S/C17H19NO4/c1-4-22-16-8-6-5-7-15(16)17(19)18-12-9-13(20-2)11-14(10-12)21-3/h5-11H,4H2,1-3H3,(H,18,19). The van der Waals surface area contributed by atoms with Crippen molar-refractivity contribution in [2.24, 2.45) is 0 Å². The second kappa shape index (κ2) is 7.36. The highest BCUT2D eigenvalue weighted by Gasteiger charge is 2.13. The molecule has 0 aliphatic rings. The van der Waals surface area contributed by atoms with Gasteiger partial charge in [-0.05, 0) is 19.1 Å². The summed E-state index contributed by atoms with van der Waals surface area (Å²) in [5.41, 5.74) is 1.07. The number of methoxy groups -OCH3 is 2. The van der Waals surface area contributed by atoms with Crippen LogP contribution in [0.3, 0.4) is 0 Å². The van der Waals surface area contributed by atoms with E-state index in [2.05, 4.69) is 5.32 Å². The van der Waals surface area contributed by atoms with Crippen molar-refractivity contribution in [3.63, 3.8) is 0 Å². The highest BCUT2D eigenvalue weighted by atomic mass is 16.5. The maximum absolute atomic E-state index is 12.4. The van der Waals surface area contributed by atoms with Crippen molar-refractivity contribution in [2.45, 2.75) is 6.92 Å². The zero-order chi connectivity index (χ0) is 15.9. The average Bonchev–Trinajstić information content (AvgIpc) is 2.55. The highest BCUT2D eigenvalue weighted by molar-refractivity contribution is 6.06. The first-order chi connectivity index (χ1) is 10.7. The Morgan fingerprint density at radius 1 is 1.05 bits per heavy atom. The third-order valence-corrected chi connectivity index (χ3v) is 3.04. The van der Waals surface area contributed by atoms with Crippen LogP contribution in [0.4, 0.5) is 5.69 Å². The Hall–Kier alpha value is -2.69. The summed E-state index contributed by atoms with van der Waals surface area (Å²) in [6.45, 7) is 2.37. The third-order valence-electron chi connectivity index (χ3n) is 3.04. The Balaban J connectivity index is 2.25. The Morgan fingerprint density at radius 3 is 2.27 bits per heavy atom. The fourth-order valence-corrected chi connectivity index (χ4v) is 2.01. The lowest BCUT2D eigenvalue weighted by Crippen LogP contribution is -2.13. The summed E-state index contributed by atoms with van der Waals surface area (Å²) < 4.78 is 15.9. The summed E-state index contributed by atoms with van der Waals surface area (Å²) in [5, 5.41) is 2.83. The molecule has 0 radical (unpaired) electrons. The number of amides is 1. The first-order valence-electron chi connectivity index (χ1n) is 6.94. The van der Waals surface area contributed by atoms with E-state index < -0.39 is 0 Å². The topological polar surface area (TPSA) is 56.8 Å². The van der Waals surface area contributed by atoms with E-state index >= 15 is 0 Å². The fourth-order valence-electron chi connectivity index (χ4n) is 2.01. The number of anilines is 1. The molecular formula is C17H19NO4. The molecule has 5 nitrogen and oxygen atoms in total. The van der Waals surface area contributed by atoms with E-state index in [1.807, 2.05) is 13.0 Å². The van der Waals surface area contributed by atoms with Crippen molar-refractivity contribution in [2.75, 3.05) is 26.1 Å². The summed E-state index contributed by atoms with van der Waals surface area (Å²) in [4.78, 5) is 12.4. The molecule has 0 saturated heterocycles. The summed E-state index contributed by atoms with van der Waals surface area (Å²) in [6.07, 6.45) is 0. The van der Waals surface area contributed by atoms with E-state index in [1.165, 1.54) is 0 Å². The number of benzene rings is 2. The molecule has 22 heavy (non-hydrogen) atoms. The predicted molar refractivity (Wildman–Crippen MR) is 85.1 cm³/mol. The van der Waals surface area contributed by atoms with E-state index in [-0.39, 0.29) is 5.91 Å². The number of para-hydroxylation sites is 1. The lowest BCUT2D eigenvalue weighted by atomic mass is 10.1. The molecule has 0 aliphatic heterocycles. The molecule has 0 heterocycles. The quantitative estimate of drug-likeness (QED) is 0.889. The average molecular weight is 301 g/mol. The Labute approximate surface area is 129 Å². The van der Waals surface area contributed by atoms with Crippen LogP contribution in [-0.2, 0) is 0 Å². The second-order valence-corrected chi connectivity index (χ2v) is 4.48. The van der Waals surface area contributed by atoms with Crippen LogP contribution in [-0.4, -0.2) is 26.7 Å². The van der Waals surface area contributed by atoms with Gasteiger partial charge in [0.15, 0.2) is 0 Å². The molecule has 1 amide bonds. The van der Waals surface area contributed by atoms with Gasteiger partial charge in [0.2, 0.25) is 0 Å². The molecule has 2 aromatic rings. The van der Waals surface area contributed by atoms with Crippen LogP contribution in [0.1, 0.15) is 17.3 Å². The van der Waals surface area contributed by atoms with Crippen LogP contribution >= 0.6 is 0 Å². The van der Waals surface area contributed by atoms with Crippen molar-refractivity contribution in [3.8, 4) is 17.2 Å². The summed E-state index contributed by atoms with van der Waals surface area (Å²) in [7, 11) is 3.12. The van der Waals surface area contributed by atoms with Gasteiger partial charge in [-0.2, -0.15) is 0 Å². The normalized spacial score (nSPS) is 9.95. The molecule has 0 aromatic heterocycles. The monoisotopic (exact) mass is 301 g/mol. The smallest absolute Gasteiger partial charge is 0.259 e. The molecule has 2 rings (SSSR count). The van der Waals surface area contributed by atoms with E-state index in [1.54, 1.807) is 50.6 Å². The van der Waals surface area contributed by atoms with E-state index in [0.717, 1.165) is 0 Å². The maximum atomic E-state index is 12.4. The lowest BCUT2D eigenvalue weighted by Gasteiger charge is -2.12. The van der Waals surface area contributed by atoms with Gasteiger partial charge >= 0.3 is 0 Å². The van der Waals surface area contributed by atoms with Crippen molar-refractivity contribution in [1.82, 2.24) is 0 Å². The molecule has 5 heteroatoms. The number of hydrogen-bond acceptors (Lipinski definition) is 4. The van der Waals surface area contributed by atoms with Crippen LogP contribution in [0, 0.1) is 0 Å². The SMILES string of the molecule is CCOc1ccccc1C(=O)Nc1cc(OC)cc(OC)c1. The molecule has 1 N–H and O–H groups in total. The van der Waals surface area contributed by atoms with Gasteiger partial charge in [-0.25, -0.2) is 0 Å². The summed E-state index contributed by atoms with van der Waals surface area (Å²) in [6, 6.07) is 12.3. The Morgan fingerprint density at radius 2 is 1.68 bits per heavy atom. The lowest BCUT2D eigenvalue weighted by molar-refractivity contribution is 0.102. The minimum atomic E-state index is -0.251. The molecule has 0 atom stereocenters. The molecule has 116 valence electrons. The van der Waals surface area contributed by atoms with Crippen LogP contribution in [0.25, 0.3) is 0 Å². The molecule has 0 fully saturated rings. The minimum Gasteiger partial charge on any atom is -0.497 e. The molecule has 2 aromatic carbocycles. The van der Waals surface area contributed by atoms with Gasteiger partial charge in [-0.15, -0.1) is 0 Å². The first kappa shape index (κ1) is 15.7. The van der Waals surface area contributed by atoms with Gasteiger partial charge < -0.3 is 19.5 Å². The summed E-state index contributed by atoms with van der Waals surface area (Å²) in [5.74, 6) is 1.51. The van der Waals surface area contributed by atoms with Gasteiger partial charge in [-0.1, -0.05) is 12.1 Å². The largest absolute Gasteiger partial charge is 0.497 e. The molecule has 0 unspecified atom stereocenters. The Bertz CT molecular complexity index is 633. The van der Waals surface area contributed by atoms with Gasteiger partial charge in [0, 0.05) is 23.9 Å². The van der Waals surface area contributed by atoms with Crippen molar-refractivity contribution >= 4 is 11.6 Å². The Kier molecular flexibility index (Phi) is 5.25. The van der Waals surface area contributed by atoms with E-state index in [9.17, 15) is 4.79 Å². The number of carbonyl (C=O) groups excluding carboxylic acids is 1. The number of rotatable bonds is 6. The van der Waals surface area contributed by atoms with Gasteiger partial charge in [0.05, 0.1) is 26.4 Å². The number of ether oxygens (including phenoxy) is 3. The highest BCUT2D eigenvalue weighted by Crippen LogP contribution is 2.27. The zero-order valence-corrected chi connectivity index (χ0v) is 12.9. The van der Waals surface area contributed by atoms with Gasteiger partial charge in [0.1, 0.15) is 17.2 Å². The van der Waals surface area contributed by atoms with E-state index in [4.69, 9.17) is 14.2 Å². The third kappa shape index (κ3) is 3.69. The van der Waals surface area contributed by atoms with Crippen molar-refractivity contribution < 1.29 is 19.0 Å². The minimum absolute atomic E-state index is 0.251. The fraction of sp³-hybridized carbons (Fsp3) is 0.235. The van der Waals surface area contributed by atoms with Gasteiger partial charge in [0.25, 0.3) is 5.91 Å². The molecule has 0 aliphatic carbocycles. The van der Waals surface area contributed by atoms with Crippen LogP contribution in [0.5, 0.6) is 17.2 Å². The number of carbonyl (C=O) groups is 1. The van der Waals surface area contributed by atoms with Crippen LogP contribution < -0.4 is 19.5 Å². The molecule has 0 saturated carbocycles. The molecule has 0 spiro atoms. The van der Waals surface area contributed by atoms with Crippen LogP contribution in [0.2, 0.25) is 0 Å². The van der Waals surface area contributed by atoms with E-state index in [0.29, 0.717) is 35.1 Å². The molecular weight excluding hydrogens is 282 g/mol. The van der Waals surface area contributed by atoms with Gasteiger partial charge in [-0.3, -0.25) is 4.79 Å². The predicted octanol–water partition coefficient (Wildman–Crippen LogP) is 3.35. The maximum Gasteiger partial charge on any atom is 0.259 e. The number of nitrogens with one attached hydrogen (secondary N) is 1. The van der Waals surface area contributed by atoms with Crippen molar-refractivity contribution in [3.05, 3.63) is 48.0 Å². The second-order valence-electron chi connectivity index (χ2n) is 4.48. The first-order valence-corrected chi connectivity index (χ1v) is 6.94. The summed E-state index contributed by atoms with van der Waals surface area (Å²) >= 11 is 0. The van der Waals surface area contributed by atoms with Crippen LogP contribution in [0.15, 0.2) is 42.5 Å².